The predicted octanol–water partition coefficient (Wildman–Crippen LogP) is 3.01. The van der Waals surface area contributed by atoms with Crippen molar-refractivity contribution in [1.82, 2.24) is 5.32 Å². The first-order valence-corrected chi connectivity index (χ1v) is 6.74. The molecule has 0 saturated carbocycles. The Kier molecular flexibility index (Phi) is 4.96. The van der Waals surface area contributed by atoms with Crippen LogP contribution < -0.4 is 5.32 Å². The monoisotopic (exact) mass is 273 g/mol. The second-order valence-electron chi connectivity index (χ2n) is 4.76. The van der Waals surface area contributed by atoms with Gasteiger partial charge >= 0.3 is 5.97 Å². The molecule has 0 amide bonds. The summed E-state index contributed by atoms with van der Waals surface area (Å²) in [5.74, 6) is -0.357. The summed E-state index contributed by atoms with van der Waals surface area (Å²) >= 11 is 0. The number of aromatic carboxylic acids is 1. The van der Waals surface area contributed by atoms with E-state index in [9.17, 15) is 4.79 Å². The Bertz CT molecular complexity index is 560. The van der Waals surface area contributed by atoms with Crippen LogP contribution >= 0.6 is 0 Å². The molecule has 0 aliphatic heterocycles. The molecule has 0 aliphatic rings. The fourth-order valence-corrected chi connectivity index (χ4v) is 2.09. The number of rotatable bonds is 7. The van der Waals surface area contributed by atoms with Gasteiger partial charge in [-0.3, -0.25) is 0 Å². The van der Waals surface area contributed by atoms with Crippen LogP contribution in [0.25, 0.3) is 0 Å². The van der Waals surface area contributed by atoms with Gasteiger partial charge in [0.1, 0.15) is 5.76 Å². The number of hydrogen-bond acceptors (Lipinski definition) is 3. The average molecular weight is 273 g/mol. The second kappa shape index (κ2) is 6.91. The number of carboxylic acid groups (broad SMARTS) is 1. The Hall–Kier alpha value is -2.07. The molecule has 106 valence electrons. The van der Waals surface area contributed by atoms with Gasteiger partial charge in [0.25, 0.3) is 0 Å². The second-order valence-corrected chi connectivity index (χ2v) is 4.76. The first kappa shape index (κ1) is 14.3. The van der Waals surface area contributed by atoms with E-state index in [4.69, 9.17) is 9.52 Å². The van der Waals surface area contributed by atoms with Crippen LogP contribution in [0.5, 0.6) is 0 Å². The van der Waals surface area contributed by atoms with Crippen LogP contribution in [0.4, 0.5) is 0 Å². The molecule has 2 aromatic rings. The summed E-state index contributed by atoms with van der Waals surface area (Å²) in [5, 5.41) is 12.2. The molecular formula is C16H19NO3. The molecule has 0 unspecified atom stereocenters. The molecule has 0 atom stereocenters. The van der Waals surface area contributed by atoms with E-state index >= 15 is 0 Å². The third-order valence-corrected chi connectivity index (χ3v) is 3.21. The third kappa shape index (κ3) is 3.96. The minimum Gasteiger partial charge on any atom is -0.475 e. The van der Waals surface area contributed by atoms with Gasteiger partial charge in [-0.25, -0.2) is 4.79 Å². The highest BCUT2D eigenvalue weighted by molar-refractivity contribution is 5.84. The van der Waals surface area contributed by atoms with Crippen LogP contribution in [0.3, 0.4) is 0 Å². The van der Waals surface area contributed by atoms with Gasteiger partial charge in [0.2, 0.25) is 5.76 Å². The zero-order valence-corrected chi connectivity index (χ0v) is 11.6. The molecule has 4 nitrogen and oxygen atoms in total. The quantitative estimate of drug-likeness (QED) is 0.761. The normalized spacial score (nSPS) is 10.7. The van der Waals surface area contributed by atoms with Gasteiger partial charge in [0.05, 0.1) is 0 Å². The molecule has 1 aromatic carbocycles. The van der Waals surface area contributed by atoms with Crippen LogP contribution in [-0.2, 0) is 13.0 Å². The highest BCUT2D eigenvalue weighted by Crippen LogP contribution is 2.14. The summed E-state index contributed by atoms with van der Waals surface area (Å²) in [6.07, 6.45) is 2.09. The topological polar surface area (TPSA) is 62.5 Å². The molecular weight excluding hydrogens is 254 g/mol. The minimum absolute atomic E-state index is 0.00332. The van der Waals surface area contributed by atoms with Gasteiger partial charge in [-0.15, -0.1) is 0 Å². The third-order valence-electron chi connectivity index (χ3n) is 3.21. The summed E-state index contributed by atoms with van der Waals surface area (Å²) < 4.78 is 5.16. The van der Waals surface area contributed by atoms with E-state index in [0.29, 0.717) is 12.3 Å². The summed E-state index contributed by atoms with van der Waals surface area (Å²) in [4.78, 5) is 10.8. The Morgan fingerprint density at radius 2 is 2.05 bits per heavy atom. The highest BCUT2D eigenvalue weighted by Gasteiger charge is 2.12. The van der Waals surface area contributed by atoms with Crippen LogP contribution in [0.15, 0.2) is 40.8 Å². The lowest BCUT2D eigenvalue weighted by molar-refractivity contribution is 0.0661. The molecule has 2 N–H and O–H groups in total. The number of benzene rings is 1. The fourth-order valence-electron chi connectivity index (χ4n) is 2.09. The van der Waals surface area contributed by atoms with E-state index < -0.39 is 5.97 Å². The van der Waals surface area contributed by atoms with E-state index in [1.54, 1.807) is 13.0 Å². The van der Waals surface area contributed by atoms with E-state index in [-0.39, 0.29) is 5.76 Å². The number of carbonyl (C=O) groups is 1. The number of aryl methyl sites for hydroxylation is 2. The average Bonchev–Trinajstić information content (AvgIpc) is 2.81. The lowest BCUT2D eigenvalue weighted by Gasteiger charge is -2.04. The largest absolute Gasteiger partial charge is 0.475 e. The zero-order chi connectivity index (χ0) is 14.4. The van der Waals surface area contributed by atoms with Gasteiger partial charge in [-0.2, -0.15) is 0 Å². The van der Waals surface area contributed by atoms with E-state index in [0.717, 1.165) is 24.9 Å². The molecule has 2 rings (SSSR count). The van der Waals surface area contributed by atoms with Crippen molar-refractivity contribution in [2.75, 3.05) is 6.54 Å². The number of furan rings is 1. The molecule has 0 spiro atoms. The summed E-state index contributed by atoms with van der Waals surface area (Å²) in [6, 6.07) is 11.9. The van der Waals surface area contributed by atoms with E-state index in [1.165, 1.54) is 5.56 Å². The van der Waals surface area contributed by atoms with Gasteiger partial charge in [-0.1, -0.05) is 30.3 Å². The summed E-state index contributed by atoms with van der Waals surface area (Å²) in [7, 11) is 0. The standard InChI is InChI=1S/C16H19NO3/c1-12-14(10-15(20-12)16(18)19)11-17-9-5-8-13-6-3-2-4-7-13/h2-4,6-7,10,17H,5,8-9,11H2,1H3,(H,18,19). The molecule has 0 radical (unpaired) electrons. The first-order chi connectivity index (χ1) is 9.66. The van der Waals surface area contributed by atoms with Crippen molar-refractivity contribution in [3.05, 3.63) is 59.0 Å². The maximum absolute atomic E-state index is 10.8. The summed E-state index contributed by atoms with van der Waals surface area (Å²) in [6.45, 7) is 3.31. The predicted molar refractivity (Wildman–Crippen MR) is 76.9 cm³/mol. The van der Waals surface area contributed by atoms with Crippen LogP contribution in [0, 0.1) is 6.92 Å². The van der Waals surface area contributed by atoms with Crippen molar-refractivity contribution in [1.29, 1.82) is 0 Å². The van der Waals surface area contributed by atoms with Crippen molar-refractivity contribution in [2.24, 2.45) is 0 Å². The van der Waals surface area contributed by atoms with Gasteiger partial charge in [0, 0.05) is 12.1 Å². The van der Waals surface area contributed by atoms with Crippen molar-refractivity contribution >= 4 is 5.97 Å². The minimum atomic E-state index is -1.02. The Morgan fingerprint density at radius 1 is 1.30 bits per heavy atom. The molecule has 0 bridgehead atoms. The van der Waals surface area contributed by atoms with E-state index in [1.807, 2.05) is 18.2 Å². The van der Waals surface area contributed by atoms with Gasteiger partial charge in [0.15, 0.2) is 0 Å². The van der Waals surface area contributed by atoms with Crippen LogP contribution in [-0.4, -0.2) is 17.6 Å². The first-order valence-electron chi connectivity index (χ1n) is 6.74. The fraction of sp³-hybridized carbons (Fsp3) is 0.312. The van der Waals surface area contributed by atoms with Gasteiger partial charge in [-0.05, 0) is 37.9 Å². The Morgan fingerprint density at radius 3 is 2.70 bits per heavy atom. The van der Waals surface area contributed by atoms with Crippen molar-refractivity contribution in [3.63, 3.8) is 0 Å². The maximum Gasteiger partial charge on any atom is 0.371 e. The van der Waals surface area contributed by atoms with E-state index in [2.05, 4.69) is 17.4 Å². The lowest BCUT2D eigenvalue weighted by atomic mass is 10.1. The highest BCUT2D eigenvalue weighted by atomic mass is 16.4. The maximum atomic E-state index is 10.8. The molecule has 1 aromatic heterocycles. The lowest BCUT2D eigenvalue weighted by Crippen LogP contribution is -2.15. The zero-order valence-electron chi connectivity index (χ0n) is 11.6. The summed E-state index contributed by atoms with van der Waals surface area (Å²) in [5.41, 5.74) is 2.24. The molecule has 4 heteroatoms. The number of carboxylic acids is 1. The molecule has 20 heavy (non-hydrogen) atoms. The smallest absolute Gasteiger partial charge is 0.371 e. The van der Waals surface area contributed by atoms with Gasteiger partial charge < -0.3 is 14.8 Å². The number of nitrogens with one attached hydrogen (secondary N) is 1. The Balaban J connectivity index is 1.72. The number of hydrogen-bond donors (Lipinski definition) is 2. The van der Waals surface area contributed by atoms with Crippen LogP contribution in [0.1, 0.15) is 33.9 Å². The molecule has 1 heterocycles. The molecule has 0 aliphatic carbocycles. The van der Waals surface area contributed by atoms with Crippen molar-refractivity contribution in [3.8, 4) is 0 Å². The van der Waals surface area contributed by atoms with Crippen LogP contribution in [0.2, 0.25) is 0 Å². The molecule has 0 saturated heterocycles. The van der Waals surface area contributed by atoms with Crippen molar-refractivity contribution in [2.45, 2.75) is 26.3 Å². The van der Waals surface area contributed by atoms with Crippen molar-refractivity contribution < 1.29 is 14.3 Å². The SMILES string of the molecule is Cc1oc(C(=O)O)cc1CNCCCc1ccccc1. The molecule has 0 fully saturated rings. The Labute approximate surface area is 118 Å².